The van der Waals surface area contributed by atoms with E-state index in [1.807, 2.05) is 29.6 Å². The van der Waals surface area contributed by atoms with E-state index in [1.54, 1.807) is 24.0 Å². The molecule has 0 atom stereocenters. The first kappa shape index (κ1) is 13.3. The van der Waals surface area contributed by atoms with Crippen molar-refractivity contribution in [1.29, 1.82) is 0 Å². The first-order valence-corrected chi connectivity index (χ1v) is 7.12. The molecule has 0 aliphatic heterocycles. The van der Waals surface area contributed by atoms with Gasteiger partial charge in [-0.3, -0.25) is 14.8 Å². The van der Waals surface area contributed by atoms with Crippen molar-refractivity contribution < 1.29 is 4.79 Å². The van der Waals surface area contributed by atoms with Gasteiger partial charge in [0.05, 0.1) is 5.69 Å². The van der Waals surface area contributed by atoms with Gasteiger partial charge in [-0.15, -0.1) is 11.3 Å². The van der Waals surface area contributed by atoms with Gasteiger partial charge in [0, 0.05) is 29.9 Å². The van der Waals surface area contributed by atoms with Gasteiger partial charge in [-0.05, 0) is 18.2 Å². The Morgan fingerprint density at radius 2 is 2.05 bits per heavy atom. The van der Waals surface area contributed by atoms with Gasteiger partial charge in [-0.1, -0.05) is 12.1 Å². The van der Waals surface area contributed by atoms with Crippen LogP contribution in [-0.4, -0.2) is 20.7 Å². The predicted octanol–water partition coefficient (Wildman–Crippen LogP) is 2.38. The number of benzene rings is 1. The lowest BCUT2D eigenvalue weighted by Crippen LogP contribution is -2.12. The summed E-state index contributed by atoms with van der Waals surface area (Å²) in [5.41, 5.74) is 8.49. The highest BCUT2D eigenvalue weighted by Crippen LogP contribution is 2.25. The summed E-state index contributed by atoms with van der Waals surface area (Å²) in [7, 11) is 1.76. The second-order valence-corrected chi connectivity index (χ2v) is 5.35. The SMILES string of the molecule is Cn1ccc(C(=O)Nc2nc(-c3ccc(N)cc3)cs2)n1. The summed E-state index contributed by atoms with van der Waals surface area (Å²) in [6.45, 7) is 0. The number of rotatable bonds is 3. The fourth-order valence-electron chi connectivity index (χ4n) is 1.81. The summed E-state index contributed by atoms with van der Waals surface area (Å²) >= 11 is 1.37. The van der Waals surface area contributed by atoms with E-state index in [-0.39, 0.29) is 5.91 Å². The first-order chi connectivity index (χ1) is 10.1. The third-order valence-electron chi connectivity index (χ3n) is 2.88. The lowest BCUT2D eigenvalue weighted by Gasteiger charge is -1.99. The molecule has 0 saturated heterocycles. The standard InChI is InChI=1S/C14H13N5OS/c1-19-7-6-11(18-19)13(20)17-14-16-12(8-21-14)9-2-4-10(15)5-3-9/h2-8H,15H2,1H3,(H,16,17,20). The molecule has 3 aromatic rings. The number of hydrogen-bond donors (Lipinski definition) is 2. The van der Waals surface area contributed by atoms with Crippen LogP contribution in [0.15, 0.2) is 41.9 Å². The van der Waals surface area contributed by atoms with E-state index in [0.717, 1.165) is 11.3 Å². The molecule has 7 heteroatoms. The van der Waals surface area contributed by atoms with Gasteiger partial charge in [0.15, 0.2) is 10.8 Å². The molecule has 0 bridgehead atoms. The Hall–Kier alpha value is -2.67. The number of aryl methyl sites for hydroxylation is 1. The average molecular weight is 299 g/mol. The van der Waals surface area contributed by atoms with Gasteiger partial charge in [0.2, 0.25) is 0 Å². The smallest absolute Gasteiger partial charge is 0.277 e. The van der Waals surface area contributed by atoms with Gasteiger partial charge in [-0.25, -0.2) is 4.98 Å². The van der Waals surface area contributed by atoms with Crippen molar-refractivity contribution >= 4 is 28.1 Å². The first-order valence-electron chi connectivity index (χ1n) is 6.24. The topological polar surface area (TPSA) is 85.8 Å². The molecule has 1 aromatic carbocycles. The van der Waals surface area contributed by atoms with Crippen molar-refractivity contribution in [2.45, 2.75) is 0 Å². The second-order valence-electron chi connectivity index (χ2n) is 4.49. The van der Waals surface area contributed by atoms with Crippen molar-refractivity contribution in [2.24, 2.45) is 7.05 Å². The predicted molar refractivity (Wildman–Crippen MR) is 83.1 cm³/mol. The molecule has 0 spiro atoms. The summed E-state index contributed by atoms with van der Waals surface area (Å²) in [5.74, 6) is -0.270. The lowest BCUT2D eigenvalue weighted by atomic mass is 10.1. The number of anilines is 2. The Bertz CT molecular complexity index is 775. The van der Waals surface area contributed by atoms with E-state index in [2.05, 4.69) is 15.4 Å². The van der Waals surface area contributed by atoms with Crippen molar-refractivity contribution in [1.82, 2.24) is 14.8 Å². The van der Waals surface area contributed by atoms with Gasteiger partial charge in [-0.2, -0.15) is 5.10 Å². The summed E-state index contributed by atoms with van der Waals surface area (Å²) in [4.78, 5) is 16.4. The number of nitrogen functional groups attached to an aromatic ring is 1. The van der Waals surface area contributed by atoms with Crippen molar-refractivity contribution in [3.05, 3.63) is 47.6 Å². The monoisotopic (exact) mass is 299 g/mol. The van der Waals surface area contributed by atoms with Gasteiger partial charge in [0.1, 0.15) is 0 Å². The van der Waals surface area contributed by atoms with Crippen LogP contribution in [0.5, 0.6) is 0 Å². The van der Waals surface area contributed by atoms with E-state index in [1.165, 1.54) is 11.3 Å². The van der Waals surface area contributed by atoms with Crippen LogP contribution in [-0.2, 0) is 7.05 Å². The molecule has 0 aliphatic rings. The maximum atomic E-state index is 12.0. The lowest BCUT2D eigenvalue weighted by molar-refractivity contribution is 0.102. The number of hydrogen-bond acceptors (Lipinski definition) is 5. The highest BCUT2D eigenvalue weighted by molar-refractivity contribution is 7.14. The van der Waals surface area contributed by atoms with Crippen LogP contribution in [0, 0.1) is 0 Å². The Morgan fingerprint density at radius 3 is 2.71 bits per heavy atom. The number of amides is 1. The molecule has 3 rings (SSSR count). The summed E-state index contributed by atoms with van der Waals surface area (Å²) in [5, 5.41) is 9.22. The molecular weight excluding hydrogens is 286 g/mol. The zero-order chi connectivity index (χ0) is 14.8. The maximum absolute atomic E-state index is 12.0. The zero-order valence-electron chi connectivity index (χ0n) is 11.3. The summed E-state index contributed by atoms with van der Waals surface area (Å²) in [6.07, 6.45) is 1.72. The summed E-state index contributed by atoms with van der Waals surface area (Å²) in [6, 6.07) is 9.09. The largest absolute Gasteiger partial charge is 0.399 e. The highest BCUT2D eigenvalue weighted by atomic mass is 32.1. The third-order valence-corrected chi connectivity index (χ3v) is 3.64. The van der Waals surface area contributed by atoms with Gasteiger partial charge in [0.25, 0.3) is 5.91 Å². The molecule has 2 aromatic heterocycles. The fourth-order valence-corrected chi connectivity index (χ4v) is 2.53. The number of nitrogens with one attached hydrogen (secondary N) is 1. The average Bonchev–Trinajstić information content (AvgIpc) is 3.09. The molecule has 0 unspecified atom stereocenters. The number of aromatic nitrogens is 3. The van der Waals surface area contributed by atoms with Crippen LogP contribution in [0.3, 0.4) is 0 Å². The molecule has 0 saturated carbocycles. The Kier molecular flexibility index (Phi) is 3.41. The molecule has 6 nitrogen and oxygen atoms in total. The van der Waals surface area contributed by atoms with Crippen molar-refractivity contribution in [3.63, 3.8) is 0 Å². The number of carbonyl (C=O) groups is 1. The minimum atomic E-state index is -0.270. The van der Waals surface area contributed by atoms with Crippen LogP contribution in [0.1, 0.15) is 10.5 Å². The van der Waals surface area contributed by atoms with E-state index in [9.17, 15) is 4.79 Å². The Labute approximate surface area is 125 Å². The van der Waals surface area contributed by atoms with Crippen molar-refractivity contribution in [3.8, 4) is 11.3 Å². The Morgan fingerprint density at radius 1 is 1.29 bits per heavy atom. The van der Waals surface area contributed by atoms with Crippen LogP contribution < -0.4 is 11.1 Å². The van der Waals surface area contributed by atoms with Gasteiger partial charge >= 0.3 is 0 Å². The molecule has 21 heavy (non-hydrogen) atoms. The number of nitrogens with zero attached hydrogens (tertiary/aromatic N) is 3. The van der Waals surface area contributed by atoms with Crippen molar-refractivity contribution in [2.75, 3.05) is 11.1 Å². The molecule has 1 amide bonds. The molecule has 0 fully saturated rings. The molecular formula is C14H13N5OS. The minimum Gasteiger partial charge on any atom is -0.399 e. The minimum absolute atomic E-state index is 0.270. The fraction of sp³-hybridized carbons (Fsp3) is 0.0714. The van der Waals surface area contributed by atoms with E-state index < -0.39 is 0 Å². The highest BCUT2D eigenvalue weighted by Gasteiger charge is 2.12. The molecule has 2 heterocycles. The van der Waals surface area contributed by atoms with Crippen LogP contribution in [0.25, 0.3) is 11.3 Å². The van der Waals surface area contributed by atoms with E-state index in [0.29, 0.717) is 16.5 Å². The maximum Gasteiger partial charge on any atom is 0.277 e. The van der Waals surface area contributed by atoms with Gasteiger partial charge < -0.3 is 5.73 Å². The number of thiazole rings is 1. The second kappa shape index (κ2) is 5.37. The summed E-state index contributed by atoms with van der Waals surface area (Å²) < 4.78 is 1.58. The quantitative estimate of drug-likeness (QED) is 0.727. The zero-order valence-corrected chi connectivity index (χ0v) is 12.1. The Balaban J connectivity index is 1.76. The normalized spacial score (nSPS) is 10.5. The molecule has 0 aliphatic carbocycles. The van der Waals surface area contributed by atoms with Crippen LogP contribution in [0.2, 0.25) is 0 Å². The number of carbonyl (C=O) groups excluding carboxylic acids is 1. The molecule has 0 radical (unpaired) electrons. The van der Waals surface area contributed by atoms with E-state index >= 15 is 0 Å². The third kappa shape index (κ3) is 2.92. The number of nitrogens with two attached hydrogens (primary N) is 1. The molecule has 106 valence electrons. The van der Waals surface area contributed by atoms with E-state index in [4.69, 9.17) is 5.73 Å². The molecule has 3 N–H and O–H groups in total. The van der Waals surface area contributed by atoms with Crippen LogP contribution in [0.4, 0.5) is 10.8 Å². The van der Waals surface area contributed by atoms with Crippen LogP contribution >= 0.6 is 11.3 Å².